The Hall–Kier alpha value is -1.82. The number of hydrogen-bond acceptors (Lipinski definition) is 0. The fourth-order valence-electron chi connectivity index (χ4n) is 4.16. The average Bonchev–Trinajstić information content (AvgIpc) is 2.56. The molecule has 2 bridgehead atoms. The van der Waals surface area contributed by atoms with Crippen LogP contribution < -0.4 is 0 Å². The van der Waals surface area contributed by atoms with Gasteiger partial charge >= 0.3 is 0 Å². The number of rotatable bonds is 0. The van der Waals surface area contributed by atoms with Gasteiger partial charge in [-0.1, -0.05) is 74.2 Å². The monoisotopic (exact) mass is 288 g/mol. The van der Waals surface area contributed by atoms with Gasteiger partial charge in [0, 0.05) is 0 Å². The van der Waals surface area contributed by atoms with E-state index in [0.717, 1.165) is 0 Å². The van der Waals surface area contributed by atoms with Crippen molar-refractivity contribution in [2.24, 2.45) is 0 Å². The first-order chi connectivity index (χ1) is 10.9. The minimum absolute atomic E-state index is 1.22. The van der Waals surface area contributed by atoms with Crippen molar-refractivity contribution in [3.63, 3.8) is 0 Å². The van der Waals surface area contributed by atoms with E-state index in [4.69, 9.17) is 0 Å². The van der Waals surface area contributed by atoms with Crippen LogP contribution in [0.2, 0.25) is 0 Å². The largest absolute Gasteiger partial charge is 0.0616 e. The zero-order chi connectivity index (χ0) is 14.8. The van der Waals surface area contributed by atoms with E-state index < -0.39 is 0 Å². The minimum atomic E-state index is 1.22. The lowest BCUT2D eigenvalue weighted by molar-refractivity contribution is 0.594. The van der Waals surface area contributed by atoms with Crippen LogP contribution in [0.1, 0.15) is 49.7 Å². The fourth-order valence-corrected chi connectivity index (χ4v) is 4.16. The van der Waals surface area contributed by atoms with Gasteiger partial charge in [-0.2, -0.15) is 0 Å². The highest BCUT2D eigenvalue weighted by atomic mass is 14.2. The smallest absolute Gasteiger partial charge is 0.0143 e. The van der Waals surface area contributed by atoms with Crippen LogP contribution in [-0.4, -0.2) is 0 Å². The Morgan fingerprint density at radius 2 is 0.727 bits per heavy atom. The second kappa shape index (κ2) is 6.12. The van der Waals surface area contributed by atoms with Gasteiger partial charge in [0.15, 0.2) is 0 Å². The highest BCUT2D eigenvalue weighted by Crippen LogP contribution is 2.35. The van der Waals surface area contributed by atoms with E-state index in [0.29, 0.717) is 0 Å². The maximum Gasteiger partial charge on any atom is -0.0143 e. The third-order valence-corrected chi connectivity index (χ3v) is 5.26. The molecule has 0 aromatic heterocycles. The third kappa shape index (κ3) is 2.41. The molecule has 112 valence electrons. The summed E-state index contributed by atoms with van der Waals surface area (Å²) in [7, 11) is 0. The summed E-state index contributed by atoms with van der Waals surface area (Å²) in [4.78, 5) is 0. The van der Waals surface area contributed by atoms with Crippen molar-refractivity contribution in [2.45, 2.75) is 51.4 Å². The van der Waals surface area contributed by atoms with Crippen molar-refractivity contribution < 1.29 is 0 Å². The van der Waals surface area contributed by atoms with Crippen LogP contribution in [-0.2, 0) is 12.8 Å². The summed E-state index contributed by atoms with van der Waals surface area (Å²) in [6, 6.07) is 18.2. The SMILES string of the molecule is c1ccc2c3c4ccccc4c(c2c1)CCCCCCCC3. The van der Waals surface area contributed by atoms with E-state index in [9.17, 15) is 0 Å². The Morgan fingerprint density at radius 1 is 0.409 bits per heavy atom. The molecule has 0 spiro atoms. The van der Waals surface area contributed by atoms with Gasteiger partial charge in [0.25, 0.3) is 0 Å². The van der Waals surface area contributed by atoms with Crippen LogP contribution in [0.15, 0.2) is 48.5 Å². The van der Waals surface area contributed by atoms with E-state index in [1.807, 2.05) is 0 Å². The lowest BCUT2D eigenvalue weighted by Crippen LogP contribution is -1.98. The Balaban J connectivity index is 2.05. The van der Waals surface area contributed by atoms with E-state index >= 15 is 0 Å². The fraction of sp³-hybridized carbons (Fsp3) is 0.364. The van der Waals surface area contributed by atoms with Gasteiger partial charge in [-0.05, 0) is 58.4 Å². The lowest BCUT2D eigenvalue weighted by atomic mass is 9.87. The first kappa shape index (κ1) is 13.8. The van der Waals surface area contributed by atoms with Crippen LogP contribution in [0.25, 0.3) is 21.5 Å². The molecule has 0 atom stereocenters. The van der Waals surface area contributed by atoms with Gasteiger partial charge in [0.05, 0.1) is 0 Å². The van der Waals surface area contributed by atoms with E-state index in [2.05, 4.69) is 48.5 Å². The van der Waals surface area contributed by atoms with Crippen molar-refractivity contribution in [1.29, 1.82) is 0 Å². The Kier molecular flexibility index (Phi) is 3.84. The molecule has 0 saturated carbocycles. The number of aryl methyl sites for hydroxylation is 2. The molecular formula is C22H24. The molecule has 1 aliphatic carbocycles. The first-order valence-electron chi connectivity index (χ1n) is 8.86. The zero-order valence-corrected chi connectivity index (χ0v) is 13.3. The van der Waals surface area contributed by atoms with Gasteiger partial charge in [-0.15, -0.1) is 0 Å². The highest BCUT2D eigenvalue weighted by molar-refractivity contribution is 6.05. The summed E-state index contributed by atoms with van der Waals surface area (Å²) in [5, 5.41) is 5.99. The highest BCUT2D eigenvalue weighted by Gasteiger charge is 2.13. The molecule has 0 radical (unpaired) electrons. The summed E-state index contributed by atoms with van der Waals surface area (Å²) in [5.74, 6) is 0. The van der Waals surface area contributed by atoms with Gasteiger partial charge in [-0.3, -0.25) is 0 Å². The summed E-state index contributed by atoms with van der Waals surface area (Å²) >= 11 is 0. The van der Waals surface area contributed by atoms with Gasteiger partial charge < -0.3 is 0 Å². The first-order valence-corrected chi connectivity index (χ1v) is 8.86. The molecule has 22 heavy (non-hydrogen) atoms. The van der Waals surface area contributed by atoms with Crippen molar-refractivity contribution >= 4 is 21.5 Å². The second-order valence-corrected chi connectivity index (χ2v) is 6.67. The lowest BCUT2D eigenvalue weighted by Gasteiger charge is -2.18. The third-order valence-electron chi connectivity index (χ3n) is 5.26. The normalized spacial score (nSPS) is 16.5. The van der Waals surface area contributed by atoms with E-state index in [1.165, 1.54) is 72.9 Å². The second-order valence-electron chi connectivity index (χ2n) is 6.67. The molecule has 0 unspecified atom stereocenters. The Bertz CT molecular complexity index is 673. The number of hydrogen-bond donors (Lipinski definition) is 0. The summed E-state index contributed by atoms with van der Waals surface area (Å²) < 4.78 is 0. The Labute approximate surface area is 133 Å². The topological polar surface area (TPSA) is 0 Å². The molecule has 0 heterocycles. The molecule has 1 aliphatic rings. The van der Waals surface area contributed by atoms with Crippen molar-refractivity contribution in [2.75, 3.05) is 0 Å². The Morgan fingerprint density at radius 3 is 1.09 bits per heavy atom. The van der Waals surface area contributed by atoms with Gasteiger partial charge in [0.1, 0.15) is 0 Å². The summed E-state index contributed by atoms with van der Waals surface area (Å²) in [6.07, 6.45) is 10.7. The molecule has 3 aromatic carbocycles. The zero-order valence-electron chi connectivity index (χ0n) is 13.3. The summed E-state index contributed by atoms with van der Waals surface area (Å²) in [5.41, 5.74) is 3.16. The van der Waals surface area contributed by atoms with Gasteiger partial charge in [-0.25, -0.2) is 0 Å². The molecule has 0 saturated heterocycles. The molecule has 0 fully saturated rings. The molecule has 3 aromatic rings. The average molecular weight is 288 g/mol. The summed E-state index contributed by atoms with van der Waals surface area (Å²) in [6.45, 7) is 0. The van der Waals surface area contributed by atoms with Crippen LogP contribution >= 0.6 is 0 Å². The molecule has 0 aliphatic heterocycles. The molecular weight excluding hydrogens is 264 g/mol. The van der Waals surface area contributed by atoms with E-state index in [1.54, 1.807) is 11.1 Å². The van der Waals surface area contributed by atoms with Crippen LogP contribution in [0.4, 0.5) is 0 Å². The minimum Gasteiger partial charge on any atom is -0.0616 e. The molecule has 0 N–H and O–H groups in total. The van der Waals surface area contributed by atoms with Crippen LogP contribution in [0.3, 0.4) is 0 Å². The van der Waals surface area contributed by atoms with E-state index in [-0.39, 0.29) is 0 Å². The molecule has 0 amide bonds. The number of benzene rings is 3. The molecule has 4 rings (SSSR count). The predicted octanol–water partition coefficient (Wildman–Crippen LogP) is 6.43. The van der Waals surface area contributed by atoms with Crippen LogP contribution in [0.5, 0.6) is 0 Å². The standard InChI is InChI=1S/C22H24/c1-2-4-6-12-18-21-15-9-7-13-19(21)17(11-5-3-1)20-14-8-10-16-22(18)20/h7-10,13-16H,1-6,11-12H2. The molecule has 0 nitrogen and oxygen atoms in total. The van der Waals surface area contributed by atoms with Crippen molar-refractivity contribution in [1.82, 2.24) is 0 Å². The number of fused-ring (bicyclic) bond motifs is 3. The van der Waals surface area contributed by atoms with Crippen molar-refractivity contribution in [3.8, 4) is 0 Å². The maximum absolute atomic E-state index is 2.34. The predicted molar refractivity (Wildman–Crippen MR) is 96.6 cm³/mol. The van der Waals surface area contributed by atoms with Crippen LogP contribution in [0, 0.1) is 0 Å². The maximum atomic E-state index is 2.34. The van der Waals surface area contributed by atoms with Gasteiger partial charge in [0.2, 0.25) is 0 Å². The molecule has 0 heteroatoms. The van der Waals surface area contributed by atoms with Crippen molar-refractivity contribution in [3.05, 3.63) is 59.7 Å². The quantitative estimate of drug-likeness (QED) is 0.418.